The van der Waals surface area contributed by atoms with Crippen molar-refractivity contribution in [2.75, 3.05) is 26.2 Å². The summed E-state index contributed by atoms with van der Waals surface area (Å²) >= 11 is 0. The lowest BCUT2D eigenvalue weighted by atomic mass is 9.98. The van der Waals surface area contributed by atoms with Gasteiger partial charge in [0.25, 0.3) is 0 Å². The predicted octanol–water partition coefficient (Wildman–Crippen LogP) is 1.55. The van der Waals surface area contributed by atoms with Crippen LogP contribution in [0.2, 0.25) is 0 Å². The number of morpholine rings is 1. The highest BCUT2D eigenvalue weighted by molar-refractivity contribution is 5.33. The SMILES string of the molecule is CC1CN(Cc2ccc3c(c2)CNCC3)CCO1. The minimum atomic E-state index is 0.373. The van der Waals surface area contributed by atoms with E-state index in [9.17, 15) is 0 Å². The normalized spacial score (nSPS) is 24.8. The first-order valence-electron chi connectivity index (χ1n) is 6.96. The van der Waals surface area contributed by atoms with Gasteiger partial charge in [0.1, 0.15) is 0 Å². The average Bonchev–Trinajstić information content (AvgIpc) is 2.39. The summed E-state index contributed by atoms with van der Waals surface area (Å²) in [7, 11) is 0. The van der Waals surface area contributed by atoms with Crippen LogP contribution in [0.1, 0.15) is 23.6 Å². The van der Waals surface area contributed by atoms with Gasteiger partial charge in [-0.2, -0.15) is 0 Å². The number of nitrogens with one attached hydrogen (secondary N) is 1. The minimum absolute atomic E-state index is 0.373. The van der Waals surface area contributed by atoms with E-state index in [1.165, 1.54) is 23.1 Å². The molecule has 0 aromatic heterocycles. The number of benzene rings is 1. The van der Waals surface area contributed by atoms with Crippen molar-refractivity contribution in [2.24, 2.45) is 0 Å². The Morgan fingerprint density at radius 2 is 2.33 bits per heavy atom. The molecule has 0 spiro atoms. The molecule has 0 amide bonds. The molecular formula is C15H22N2O. The van der Waals surface area contributed by atoms with Gasteiger partial charge in [0.2, 0.25) is 0 Å². The second kappa shape index (κ2) is 5.39. The molecule has 18 heavy (non-hydrogen) atoms. The average molecular weight is 246 g/mol. The molecule has 1 fully saturated rings. The van der Waals surface area contributed by atoms with Gasteiger partial charge in [0, 0.05) is 26.2 Å². The van der Waals surface area contributed by atoms with E-state index in [1.54, 1.807) is 0 Å². The van der Waals surface area contributed by atoms with E-state index >= 15 is 0 Å². The summed E-state index contributed by atoms with van der Waals surface area (Å²) in [4.78, 5) is 2.49. The number of ether oxygens (including phenoxy) is 1. The van der Waals surface area contributed by atoms with Crippen molar-refractivity contribution in [1.82, 2.24) is 10.2 Å². The Morgan fingerprint density at radius 1 is 1.39 bits per heavy atom. The number of hydrogen-bond donors (Lipinski definition) is 1. The maximum absolute atomic E-state index is 5.58. The van der Waals surface area contributed by atoms with Gasteiger partial charge in [-0.15, -0.1) is 0 Å². The molecule has 2 aliphatic heterocycles. The van der Waals surface area contributed by atoms with Crippen LogP contribution in [0.4, 0.5) is 0 Å². The molecule has 1 atom stereocenters. The highest BCUT2D eigenvalue weighted by Gasteiger charge is 2.17. The van der Waals surface area contributed by atoms with Crippen LogP contribution in [0.25, 0.3) is 0 Å². The number of rotatable bonds is 2. The van der Waals surface area contributed by atoms with Crippen LogP contribution in [-0.4, -0.2) is 37.2 Å². The number of nitrogens with zero attached hydrogens (tertiary/aromatic N) is 1. The molecule has 1 aromatic rings. The summed E-state index contributed by atoms with van der Waals surface area (Å²) in [6.07, 6.45) is 1.54. The molecule has 3 heteroatoms. The Balaban J connectivity index is 1.69. The monoisotopic (exact) mass is 246 g/mol. The third-order valence-electron chi connectivity index (χ3n) is 3.89. The molecule has 1 N–H and O–H groups in total. The van der Waals surface area contributed by atoms with E-state index in [-0.39, 0.29) is 0 Å². The Morgan fingerprint density at radius 3 is 3.22 bits per heavy atom. The van der Waals surface area contributed by atoms with E-state index in [1.807, 2.05) is 0 Å². The van der Waals surface area contributed by atoms with Crippen LogP contribution in [0.5, 0.6) is 0 Å². The van der Waals surface area contributed by atoms with Crippen LogP contribution in [0, 0.1) is 0 Å². The van der Waals surface area contributed by atoms with E-state index in [0.29, 0.717) is 6.10 Å². The molecule has 2 aliphatic rings. The van der Waals surface area contributed by atoms with E-state index in [2.05, 4.69) is 35.3 Å². The van der Waals surface area contributed by atoms with Crippen LogP contribution in [-0.2, 0) is 24.2 Å². The van der Waals surface area contributed by atoms with Gasteiger partial charge in [-0.3, -0.25) is 4.90 Å². The lowest BCUT2D eigenvalue weighted by Gasteiger charge is -2.31. The van der Waals surface area contributed by atoms with E-state index < -0.39 is 0 Å². The Bertz CT molecular complexity index is 419. The molecule has 0 saturated carbocycles. The van der Waals surface area contributed by atoms with Crippen LogP contribution >= 0.6 is 0 Å². The van der Waals surface area contributed by atoms with Crippen molar-refractivity contribution in [2.45, 2.75) is 32.5 Å². The first-order chi connectivity index (χ1) is 8.81. The standard InChI is InChI=1S/C15H22N2O/c1-12-10-17(6-7-18-12)11-13-2-3-14-4-5-16-9-15(14)8-13/h2-3,8,12,16H,4-7,9-11H2,1H3. The van der Waals surface area contributed by atoms with Gasteiger partial charge >= 0.3 is 0 Å². The molecule has 0 aliphatic carbocycles. The maximum Gasteiger partial charge on any atom is 0.0674 e. The van der Waals surface area contributed by atoms with Crippen molar-refractivity contribution < 1.29 is 4.74 Å². The molecule has 3 rings (SSSR count). The highest BCUT2D eigenvalue weighted by atomic mass is 16.5. The first-order valence-corrected chi connectivity index (χ1v) is 6.96. The lowest BCUT2D eigenvalue weighted by molar-refractivity contribution is -0.0212. The van der Waals surface area contributed by atoms with Crippen molar-refractivity contribution in [3.05, 3.63) is 34.9 Å². The highest BCUT2D eigenvalue weighted by Crippen LogP contribution is 2.18. The predicted molar refractivity (Wildman–Crippen MR) is 72.5 cm³/mol. The second-order valence-electron chi connectivity index (χ2n) is 5.45. The number of fused-ring (bicyclic) bond motifs is 1. The van der Waals surface area contributed by atoms with E-state index in [4.69, 9.17) is 4.74 Å². The van der Waals surface area contributed by atoms with Crippen LogP contribution < -0.4 is 5.32 Å². The fraction of sp³-hybridized carbons (Fsp3) is 0.600. The Kier molecular flexibility index (Phi) is 3.64. The molecule has 0 radical (unpaired) electrons. The van der Waals surface area contributed by atoms with Crippen molar-refractivity contribution in [1.29, 1.82) is 0 Å². The number of hydrogen-bond acceptors (Lipinski definition) is 3. The largest absolute Gasteiger partial charge is 0.376 e. The minimum Gasteiger partial charge on any atom is -0.376 e. The lowest BCUT2D eigenvalue weighted by Crippen LogP contribution is -2.40. The van der Waals surface area contributed by atoms with E-state index in [0.717, 1.165) is 39.3 Å². The summed E-state index contributed by atoms with van der Waals surface area (Å²) < 4.78 is 5.58. The quantitative estimate of drug-likeness (QED) is 0.857. The Hall–Kier alpha value is -0.900. The van der Waals surface area contributed by atoms with Gasteiger partial charge in [0.15, 0.2) is 0 Å². The van der Waals surface area contributed by atoms with Crippen molar-refractivity contribution >= 4 is 0 Å². The van der Waals surface area contributed by atoms with Gasteiger partial charge in [-0.05, 0) is 36.6 Å². The third-order valence-corrected chi connectivity index (χ3v) is 3.89. The third kappa shape index (κ3) is 2.74. The van der Waals surface area contributed by atoms with Gasteiger partial charge in [-0.25, -0.2) is 0 Å². The molecule has 3 nitrogen and oxygen atoms in total. The van der Waals surface area contributed by atoms with Gasteiger partial charge in [0.05, 0.1) is 12.7 Å². The van der Waals surface area contributed by atoms with Crippen molar-refractivity contribution in [3.63, 3.8) is 0 Å². The molecule has 2 heterocycles. The summed E-state index contributed by atoms with van der Waals surface area (Å²) in [5, 5.41) is 3.45. The molecular weight excluding hydrogens is 224 g/mol. The molecule has 1 unspecified atom stereocenters. The van der Waals surface area contributed by atoms with Gasteiger partial charge in [-0.1, -0.05) is 18.2 Å². The summed E-state index contributed by atoms with van der Waals surface area (Å²) in [5.74, 6) is 0. The van der Waals surface area contributed by atoms with Gasteiger partial charge < -0.3 is 10.1 Å². The molecule has 1 aromatic carbocycles. The first kappa shape index (κ1) is 12.2. The fourth-order valence-corrected chi connectivity index (χ4v) is 2.92. The van der Waals surface area contributed by atoms with Crippen LogP contribution in [0.15, 0.2) is 18.2 Å². The summed E-state index contributed by atoms with van der Waals surface area (Å²) in [5.41, 5.74) is 4.44. The Labute approximate surface area is 109 Å². The van der Waals surface area contributed by atoms with Crippen molar-refractivity contribution in [3.8, 4) is 0 Å². The summed E-state index contributed by atoms with van der Waals surface area (Å²) in [6, 6.07) is 6.99. The maximum atomic E-state index is 5.58. The topological polar surface area (TPSA) is 24.5 Å². The molecule has 1 saturated heterocycles. The zero-order chi connectivity index (χ0) is 12.4. The zero-order valence-corrected chi connectivity index (χ0v) is 11.1. The van der Waals surface area contributed by atoms with Crippen LogP contribution in [0.3, 0.4) is 0 Å². The smallest absolute Gasteiger partial charge is 0.0674 e. The second-order valence-corrected chi connectivity index (χ2v) is 5.45. The molecule has 0 bridgehead atoms. The zero-order valence-electron chi connectivity index (χ0n) is 11.1. The summed E-state index contributed by atoms with van der Waals surface area (Å²) in [6.45, 7) is 8.34. The fourth-order valence-electron chi connectivity index (χ4n) is 2.92. The molecule has 98 valence electrons.